The quantitative estimate of drug-likeness (QED) is 0.856. The average Bonchev–Trinajstić information content (AvgIpc) is 2.31. The molecule has 4 heteroatoms. The topological polar surface area (TPSA) is 15.3 Å². The second kappa shape index (κ2) is 5.13. The molecule has 0 radical (unpaired) electrons. The molecule has 1 fully saturated rings. The van der Waals surface area contributed by atoms with Crippen LogP contribution >= 0.6 is 11.6 Å². The zero-order valence-corrected chi connectivity index (χ0v) is 10.1. The van der Waals surface area contributed by atoms with Gasteiger partial charge in [-0.25, -0.2) is 4.39 Å². The highest BCUT2D eigenvalue weighted by atomic mass is 35.5. The van der Waals surface area contributed by atoms with Crippen LogP contribution in [0.15, 0.2) is 12.1 Å². The molecule has 0 unspecified atom stereocenters. The van der Waals surface area contributed by atoms with Crippen molar-refractivity contribution in [2.45, 2.75) is 13.5 Å². The van der Waals surface area contributed by atoms with Crippen LogP contribution in [-0.2, 0) is 6.54 Å². The van der Waals surface area contributed by atoms with E-state index in [4.69, 9.17) is 11.6 Å². The Kier molecular flexibility index (Phi) is 3.79. The molecule has 1 saturated heterocycles. The summed E-state index contributed by atoms with van der Waals surface area (Å²) in [5.41, 5.74) is 1.98. The van der Waals surface area contributed by atoms with Crippen LogP contribution in [0.5, 0.6) is 0 Å². The Balaban J connectivity index is 2.11. The van der Waals surface area contributed by atoms with Gasteiger partial charge in [-0.2, -0.15) is 0 Å². The van der Waals surface area contributed by atoms with Gasteiger partial charge in [0.25, 0.3) is 0 Å². The first-order chi connectivity index (χ1) is 7.68. The normalized spacial score (nSPS) is 17.7. The molecule has 16 heavy (non-hydrogen) atoms. The molecule has 0 spiro atoms. The van der Waals surface area contributed by atoms with Crippen molar-refractivity contribution in [2.24, 2.45) is 0 Å². The third kappa shape index (κ3) is 2.54. The van der Waals surface area contributed by atoms with Crippen molar-refractivity contribution in [1.29, 1.82) is 0 Å². The molecule has 0 amide bonds. The van der Waals surface area contributed by atoms with Crippen molar-refractivity contribution >= 4 is 11.6 Å². The Morgan fingerprint density at radius 1 is 1.38 bits per heavy atom. The maximum absolute atomic E-state index is 13.2. The minimum atomic E-state index is -0.330. The van der Waals surface area contributed by atoms with Crippen LogP contribution < -0.4 is 5.32 Å². The summed E-state index contributed by atoms with van der Waals surface area (Å²) in [6.07, 6.45) is 0. The van der Waals surface area contributed by atoms with Crippen molar-refractivity contribution in [2.75, 3.05) is 26.2 Å². The van der Waals surface area contributed by atoms with Gasteiger partial charge in [0.1, 0.15) is 5.82 Å². The van der Waals surface area contributed by atoms with Crippen molar-refractivity contribution in [1.82, 2.24) is 10.2 Å². The van der Waals surface area contributed by atoms with Gasteiger partial charge in [0.2, 0.25) is 0 Å². The maximum atomic E-state index is 13.2. The molecule has 2 rings (SSSR count). The summed E-state index contributed by atoms with van der Waals surface area (Å²) in [7, 11) is 0. The van der Waals surface area contributed by atoms with Gasteiger partial charge >= 0.3 is 0 Å². The third-order valence-electron chi connectivity index (χ3n) is 3.06. The molecular weight excluding hydrogens is 227 g/mol. The predicted octanol–water partition coefficient (Wildman–Crippen LogP) is 2.19. The number of piperazine rings is 1. The van der Waals surface area contributed by atoms with E-state index < -0.39 is 0 Å². The Hall–Kier alpha value is -0.640. The highest BCUT2D eigenvalue weighted by molar-refractivity contribution is 6.31. The Labute approximate surface area is 100 Å². The van der Waals surface area contributed by atoms with Crippen LogP contribution in [0.1, 0.15) is 11.1 Å². The van der Waals surface area contributed by atoms with Crippen molar-refractivity contribution in [3.05, 3.63) is 34.1 Å². The highest BCUT2D eigenvalue weighted by Gasteiger charge is 2.13. The fourth-order valence-corrected chi connectivity index (χ4v) is 2.16. The maximum Gasteiger partial charge on any atom is 0.142 e. The fraction of sp³-hybridized carbons (Fsp3) is 0.500. The average molecular weight is 243 g/mol. The summed E-state index contributed by atoms with van der Waals surface area (Å²) >= 11 is 5.89. The summed E-state index contributed by atoms with van der Waals surface area (Å²) in [6.45, 7) is 6.85. The zero-order valence-electron chi connectivity index (χ0n) is 9.39. The van der Waals surface area contributed by atoms with Crippen LogP contribution in [0.25, 0.3) is 0 Å². The van der Waals surface area contributed by atoms with Crippen molar-refractivity contribution in [3.63, 3.8) is 0 Å². The minimum absolute atomic E-state index is 0.257. The van der Waals surface area contributed by atoms with Crippen LogP contribution in [0, 0.1) is 12.7 Å². The van der Waals surface area contributed by atoms with E-state index in [1.54, 1.807) is 0 Å². The van der Waals surface area contributed by atoms with Crippen LogP contribution in [-0.4, -0.2) is 31.1 Å². The molecule has 0 bridgehead atoms. The van der Waals surface area contributed by atoms with E-state index in [1.807, 2.05) is 13.0 Å². The fourth-order valence-electron chi connectivity index (χ4n) is 1.97. The van der Waals surface area contributed by atoms with E-state index >= 15 is 0 Å². The van der Waals surface area contributed by atoms with Gasteiger partial charge in [-0.05, 0) is 24.1 Å². The SMILES string of the molecule is Cc1c(CN2CCNCC2)ccc(F)c1Cl. The van der Waals surface area contributed by atoms with E-state index in [9.17, 15) is 4.39 Å². The molecule has 1 N–H and O–H groups in total. The number of nitrogens with one attached hydrogen (secondary N) is 1. The number of benzene rings is 1. The lowest BCUT2D eigenvalue weighted by Crippen LogP contribution is -2.43. The number of rotatable bonds is 2. The van der Waals surface area contributed by atoms with Gasteiger partial charge in [0, 0.05) is 32.7 Å². The van der Waals surface area contributed by atoms with E-state index in [-0.39, 0.29) is 10.8 Å². The number of halogens is 2. The van der Waals surface area contributed by atoms with E-state index in [2.05, 4.69) is 10.2 Å². The third-order valence-corrected chi connectivity index (χ3v) is 3.52. The van der Waals surface area contributed by atoms with Crippen LogP contribution in [0.3, 0.4) is 0 Å². The predicted molar refractivity (Wildman–Crippen MR) is 64.3 cm³/mol. The monoisotopic (exact) mass is 242 g/mol. The van der Waals surface area contributed by atoms with E-state index in [1.165, 1.54) is 6.07 Å². The molecular formula is C12H16ClFN2. The molecule has 88 valence electrons. The largest absolute Gasteiger partial charge is 0.314 e. The second-order valence-electron chi connectivity index (χ2n) is 4.17. The lowest BCUT2D eigenvalue weighted by molar-refractivity contribution is 0.233. The molecule has 1 heterocycles. The Bertz CT molecular complexity index is 376. The first kappa shape index (κ1) is 11.8. The molecule has 1 aliphatic rings. The second-order valence-corrected chi connectivity index (χ2v) is 4.55. The summed E-state index contributed by atoms with van der Waals surface area (Å²) < 4.78 is 13.2. The molecule has 0 aliphatic carbocycles. The number of hydrogen-bond donors (Lipinski definition) is 1. The molecule has 2 nitrogen and oxygen atoms in total. The number of nitrogens with zero attached hydrogens (tertiary/aromatic N) is 1. The summed E-state index contributed by atoms with van der Waals surface area (Å²) in [5, 5.41) is 3.56. The first-order valence-electron chi connectivity index (χ1n) is 5.55. The van der Waals surface area contributed by atoms with E-state index in [0.717, 1.165) is 43.9 Å². The molecule has 1 aromatic rings. The van der Waals surface area contributed by atoms with E-state index in [0.29, 0.717) is 0 Å². The molecule has 1 aromatic carbocycles. The zero-order chi connectivity index (χ0) is 11.5. The molecule has 0 aromatic heterocycles. The van der Waals surface area contributed by atoms with Crippen LogP contribution in [0.4, 0.5) is 4.39 Å². The van der Waals surface area contributed by atoms with Gasteiger partial charge < -0.3 is 5.32 Å². The smallest absolute Gasteiger partial charge is 0.142 e. The van der Waals surface area contributed by atoms with Gasteiger partial charge in [-0.3, -0.25) is 4.90 Å². The lowest BCUT2D eigenvalue weighted by atomic mass is 10.1. The molecule has 1 aliphatic heterocycles. The Morgan fingerprint density at radius 3 is 2.75 bits per heavy atom. The van der Waals surface area contributed by atoms with Gasteiger partial charge in [-0.1, -0.05) is 17.7 Å². The Morgan fingerprint density at radius 2 is 2.06 bits per heavy atom. The first-order valence-corrected chi connectivity index (χ1v) is 5.93. The molecule has 0 saturated carbocycles. The van der Waals surface area contributed by atoms with Gasteiger partial charge in [0.05, 0.1) is 5.02 Å². The van der Waals surface area contributed by atoms with Gasteiger partial charge in [-0.15, -0.1) is 0 Å². The summed E-state index contributed by atoms with van der Waals surface area (Å²) in [5.74, 6) is -0.330. The molecule has 0 atom stereocenters. The standard InChI is InChI=1S/C12H16ClFN2/c1-9-10(2-3-11(14)12(9)13)8-16-6-4-15-5-7-16/h2-3,15H,4-8H2,1H3. The summed E-state index contributed by atoms with van der Waals surface area (Å²) in [4.78, 5) is 2.35. The summed E-state index contributed by atoms with van der Waals surface area (Å²) in [6, 6.07) is 3.28. The minimum Gasteiger partial charge on any atom is -0.314 e. The number of hydrogen-bond acceptors (Lipinski definition) is 2. The van der Waals surface area contributed by atoms with Crippen molar-refractivity contribution in [3.8, 4) is 0 Å². The highest BCUT2D eigenvalue weighted by Crippen LogP contribution is 2.23. The lowest BCUT2D eigenvalue weighted by Gasteiger charge is -2.27. The van der Waals surface area contributed by atoms with Crippen molar-refractivity contribution < 1.29 is 4.39 Å². The van der Waals surface area contributed by atoms with Crippen LogP contribution in [0.2, 0.25) is 5.02 Å². The van der Waals surface area contributed by atoms with Gasteiger partial charge in [0.15, 0.2) is 0 Å².